The van der Waals surface area contributed by atoms with Crippen molar-refractivity contribution in [3.63, 3.8) is 0 Å². The number of amides is 2. The Bertz CT molecular complexity index is 653. The van der Waals surface area contributed by atoms with Crippen molar-refractivity contribution in [1.29, 1.82) is 0 Å². The Kier molecular flexibility index (Phi) is 6.00. The molecule has 0 atom stereocenters. The van der Waals surface area contributed by atoms with Crippen molar-refractivity contribution >= 4 is 39.9 Å². The lowest BCUT2D eigenvalue weighted by atomic mass is 10.1. The summed E-state index contributed by atoms with van der Waals surface area (Å²) in [5.74, 6) is 0.974. The Balaban J connectivity index is 2.00. The highest BCUT2D eigenvalue weighted by Crippen LogP contribution is 2.23. The summed E-state index contributed by atoms with van der Waals surface area (Å²) in [5, 5.41) is 4.90. The van der Waals surface area contributed by atoms with Gasteiger partial charge in [0, 0.05) is 23.6 Å². The normalized spacial score (nSPS) is 10.4. The summed E-state index contributed by atoms with van der Waals surface area (Å²) in [6.45, 7) is 0.661. The highest BCUT2D eigenvalue weighted by Gasteiger charge is 2.13. The van der Waals surface area contributed by atoms with Crippen molar-refractivity contribution in [2.24, 2.45) is 11.5 Å². The molecule has 1 aromatic heterocycles. The molecule has 0 saturated carbocycles. The summed E-state index contributed by atoms with van der Waals surface area (Å²) >= 11 is 3.02. The van der Waals surface area contributed by atoms with E-state index in [0.717, 1.165) is 17.1 Å². The third-order valence-corrected chi connectivity index (χ3v) is 4.80. The number of nitrogens with one attached hydrogen (secondary N) is 1. The van der Waals surface area contributed by atoms with Crippen LogP contribution in [0.25, 0.3) is 0 Å². The maximum atomic E-state index is 12.2. The van der Waals surface area contributed by atoms with Crippen LogP contribution in [0.2, 0.25) is 0 Å². The van der Waals surface area contributed by atoms with E-state index >= 15 is 0 Å². The summed E-state index contributed by atoms with van der Waals surface area (Å²) in [6.07, 6.45) is 0. The molecule has 5 N–H and O–H groups in total. The molecule has 0 aliphatic heterocycles. The van der Waals surface area contributed by atoms with E-state index < -0.39 is 5.91 Å². The first-order valence-corrected chi connectivity index (χ1v) is 8.70. The van der Waals surface area contributed by atoms with Crippen molar-refractivity contribution in [1.82, 2.24) is 0 Å². The molecule has 2 amide bonds. The zero-order valence-electron chi connectivity index (χ0n) is 11.9. The lowest BCUT2D eigenvalue weighted by molar-refractivity contribution is 0.100. The van der Waals surface area contributed by atoms with Crippen LogP contribution in [0, 0.1) is 0 Å². The van der Waals surface area contributed by atoms with Gasteiger partial charge < -0.3 is 16.8 Å². The van der Waals surface area contributed by atoms with Gasteiger partial charge in [0.2, 0.25) is 0 Å². The Labute approximate surface area is 137 Å². The third kappa shape index (κ3) is 4.33. The van der Waals surface area contributed by atoms with Crippen molar-refractivity contribution in [3.8, 4) is 0 Å². The molecule has 116 valence electrons. The SMILES string of the molecule is NCCSCc1ccc(C(=O)Nc2sccc2C(N)=O)cc1. The highest BCUT2D eigenvalue weighted by atomic mass is 32.2. The van der Waals surface area contributed by atoms with Gasteiger partial charge in [-0.05, 0) is 29.1 Å². The summed E-state index contributed by atoms with van der Waals surface area (Å²) < 4.78 is 0. The molecule has 22 heavy (non-hydrogen) atoms. The molecule has 2 rings (SSSR count). The fraction of sp³-hybridized carbons (Fsp3) is 0.200. The first-order valence-electron chi connectivity index (χ1n) is 6.67. The van der Waals surface area contributed by atoms with E-state index in [2.05, 4.69) is 5.32 Å². The van der Waals surface area contributed by atoms with E-state index in [4.69, 9.17) is 11.5 Å². The number of primary amides is 1. The van der Waals surface area contributed by atoms with Crippen LogP contribution in [0.1, 0.15) is 26.3 Å². The maximum Gasteiger partial charge on any atom is 0.256 e. The van der Waals surface area contributed by atoms with E-state index in [9.17, 15) is 9.59 Å². The van der Waals surface area contributed by atoms with E-state index in [1.165, 1.54) is 11.3 Å². The highest BCUT2D eigenvalue weighted by molar-refractivity contribution is 7.98. The van der Waals surface area contributed by atoms with Crippen molar-refractivity contribution in [2.45, 2.75) is 5.75 Å². The van der Waals surface area contributed by atoms with Crippen LogP contribution in [-0.2, 0) is 5.75 Å². The number of benzene rings is 1. The van der Waals surface area contributed by atoms with Crippen molar-refractivity contribution < 1.29 is 9.59 Å². The number of carbonyl (C=O) groups is 2. The van der Waals surface area contributed by atoms with E-state index in [-0.39, 0.29) is 5.91 Å². The smallest absolute Gasteiger partial charge is 0.256 e. The van der Waals surface area contributed by atoms with E-state index in [1.807, 2.05) is 12.1 Å². The number of rotatable bonds is 7. The Morgan fingerprint density at radius 3 is 2.55 bits per heavy atom. The number of anilines is 1. The summed E-state index contributed by atoms with van der Waals surface area (Å²) in [4.78, 5) is 23.4. The van der Waals surface area contributed by atoms with Gasteiger partial charge in [0.05, 0.1) is 5.56 Å². The molecule has 5 nitrogen and oxygen atoms in total. The molecule has 0 saturated heterocycles. The van der Waals surface area contributed by atoms with Crippen molar-refractivity contribution in [3.05, 3.63) is 52.4 Å². The molecule has 0 fully saturated rings. The molecular formula is C15H17N3O2S2. The quantitative estimate of drug-likeness (QED) is 0.676. The number of carbonyl (C=O) groups excluding carboxylic acids is 2. The maximum absolute atomic E-state index is 12.2. The zero-order valence-corrected chi connectivity index (χ0v) is 13.5. The predicted octanol–water partition coefficient (Wildman–Crippen LogP) is 2.29. The molecule has 0 spiro atoms. The molecule has 1 heterocycles. The molecule has 0 radical (unpaired) electrons. The van der Waals surface area contributed by atoms with Crippen LogP contribution in [0.15, 0.2) is 35.7 Å². The average Bonchev–Trinajstić information content (AvgIpc) is 2.96. The monoisotopic (exact) mass is 335 g/mol. The van der Waals surface area contributed by atoms with Gasteiger partial charge in [-0.3, -0.25) is 9.59 Å². The Morgan fingerprint density at radius 2 is 1.91 bits per heavy atom. The lowest BCUT2D eigenvalue weighted by Gasteiger charge is -2.06. The van der Waals surface area contributed by atoms with Gasteiger partial charge in [-0.1, -0.05) is 12.1 Å². The van der Waals surface area contributed by atoms with Gasteiger partial charge in [0.1, 0.15) is 5.00 Å². The number of thiophene rings is 1. The fourth-order valence-electron chi connectivity index (χ4n) is 1.80. The Hall–Kier alpha value is -1.83. The van der Waals surface area contributed by atoms with Gasteiger partial charge >= 0.3 is 0 Å². The van der Waals surface area contributed by atoms with Gasteiger partial charge in [-0.25, -0.2) is 0 Å². The molecular weight excluding hydrogens is 318 g/mol. The third-order valence-electron chi connectivity index (χ3n) is 2.90. The van der Waals surface area contributed by atoms with Crippen LogP contribution in [-0.4, -0.2) is 24.1 Å². The fourth-order valence-corrected chi connectivity index (χ4v) is 3.33. The minimum atomic E-state index is -0.552. The first kappa shape index (κ1) is 16.5. The molecule has 0 aliphatic rings. The minimum Gasteiger partial charge on any atom is -0.366 e. The number of thioether (sulfide) groups is 1. The van der Waals surface area contributed by atoms with Crippen LogP contribution >= 0.6 is 23.1 Å². The first-order chi connectivity index (χ1) is 10.6. The van der Waals surface area contributed by atoms with Crippen LogP contribution in [0.4, 0.5) is 5.00 Å². The molecule has 2 aromatic rings. The van der Waals surface area contributed by atoms with E-state index in [0.29, 0.717) is 22.7 Å². The second-order valence-corrected chi connectivity index (χ2v) is 6.54. The standard InChI is InChI=1S/C15H17N3O2S2/c16-6-8-21-9-10-1-3-11(4-2-10)14(20)18-15-12(13(17)19)5-7-22-15/h1-5,7H,6,8-9,16H2,(H2,17,19)(H,18,20). The molecule has 0 bridgehead atoms. The average molecular weight is 335 g/mol. The van der Waals surface area contributed by atoms with E-state index in [1.54, 1.807) is 35.3 Å². The lowest BCUT2D eigenvalue weighted by Crippen LogP contribution is -2.16. The van der Waals surface area contributed by atoms with Crippen LogP contribution in [0.5, 0.6) is 0 Å². The zero-order chi connectivity index (χ0) is 15.9. The molecule has 0 unspecified atom stereocenters. The topological polar surface area (TPSA) is 98.2 Å². The molecule has 0 aliphatic carbocycles. The minimum absolute atomic E-state index is 0.258. The second-order valence-electron chi connectivity index (χ2n) is 4.52. The second kappa shape index (κ2) is 7.98. The largest absolute Gasteiger partial charge is 0.366 e. The molecule has 1 aromatic carbocycles. The summed E-state index contributed by atoms with van der Waals surface area (Å²) in [5.41, 5.74) is 12.7. The summed E-state index contributed by atoms with van der Waals surface area (Å²) in [7, 11) is 0. The summed E-state index contributed by atoms with van der Waals surface area (Å²) in [6, 6.07) is 8.97. The van der Waals surface area contributed by atoms with Gasteiger partial charge in [-0.2, -0.15) is 11.8 Å². The predicted molar refractivity (Wildman–Crippen MR) is 92.4 cm³/mol. The molecule has 7 heteroatoms. The van der Waals surface area contributed by atoms with Crippen LogP contribution < -0.4 is 16.8 Å². The van der Waals surface area contributed by atoms with Gasteiger partial charge in [0.15, 0.2) is 0 Å². The number of hydrogen-bond donors (Lipinski definition) is 3. The Morgan fingerprint density at radius 1 is 1.18 bits per heavy atom. The van der Waals surface area contributed by atoms with Crippen molar-refractivity contribution in [2.75, 3.05) is 17.6 Å². The number of hydrogen-bond acceptors (Lipinski definition) is 5. The number of nitrogens with two attached hydrogens (primary N) is 2. The van der Waals surface area contributed by atoms with Gasteiger partial charge in [-0.15, -0.1) is 11.3 Å². The van der Waals surface area contributed by atoms with Crippen LogP contribution in [0.3, 0.4) is 0 Å². The van der Waals surface area contributed by atoms with Gasteiger partial charge in [0.25, 0.3) is 11.8 Å².